The largest absolute Gasteiger partial charge is 0.298 e. The fourth-order valence-electron chi connectivity index (χ4n) is 2.24. The summed E-state index contributed by atoms with van der Waals surface area (Å²) in [5.41, 5.74) is 1.74. The molecular weight excluding hydrogens is 265 g/mol. The lowest BCUT2D eigenvalue weighted by Crippen LogP contribution is -2.11. The van der Waals surface area contributed by atoms with Gasteiger partial charge >= 0.3 is 0 Å². The van der Waals surface area contributed by atoms with E-state index < -0.39 is 5.92 Å². The van der Waals surface area contributed by atoms with Gasteiger partial charge in [-0.05, 0) is 36.1 Å². The highest BCUT2D eigenvalue weighted by molar-refractivity contribution is 5.88. The van der Waals surface area contributed by atoms with E-state index in [4.69, 9.17) is 0 Å². The maximum absolute atomic E-state index is 12.9. The Morgan fingerprint density at radius 3 is 2.38 bits per heavy atom. The zero-order valence-electron chi connectivity index (χ0n) is 11.6. The number of carbonyl (C=O) groups is 1. The number of carbonyl (C=O) groups excluding carboxylic acids is 1. The molecule has 106 valence electrons. The van der Waals surface area contributed by atoms with Gasteiger partial charge in [0.15, 0.2) is 5.78 Å². The van der Waals surface area contributed by atoms with E-state index in [0.717, 1.165) is 6.42 Å². The van der Waals surface area contributed by atoms with E-state index in [2.05, 4.69) is 0 Å². The molecule has 2 rings (SSSR count). The summed E-state index contributed by atoms with van der Waals surface area (Å²) in [6.07, 6.45) is 1.88. The predicted molar refractivity (Wildman–Crippen MR) is 79.1 cm³/mol. The molecule has 0 bridgehead atoms. The highest BCUT2D eigenvalue weighted by Gasteiger charge is 2.19. The van der Waals surface area contributed by atoms with Crippen LogP contribution in [0.5, 0.6) is 0 Å². The van der Waals surface area contributed by atoms with Crippen molar-refractivity contribution in [2.45, 2.75) is 25.2 Å². The fraction of sp³-hybridized carbons (Fsp3) is 0.222. The third kappa shape index (κ3) is 4.25. The van der Waals surface area contributed by atoms with Crippen molar-refractivity contribution in [2.75, 3.05) is 0 Å². The summed E-state index contributed by atoms with van der Waals surface area (Å²) in [6, 6.07) is 17.5. The van der Waals surface area contributed by atoms with Crippen LogP contribution in [-0.2, 0) is 11.2 Å². The molecule has 0 saturated heterocycles. The van der Waals surface area contributed by atoms with Crippen molar-refractivity contribution in [1.29, 1.82) is 5.26 Å². The Labute approximate surface area is 123 Å². The molecule has 0 aliphatic carbocycles. The zero-order chi connectivity index (χ0) is 15.1. The third-order valence-electron chi connectivity index (χ3n) is 3.39. The minimum Gasteiger partial charge on any atom is -0.298 e. The highest BCUT2D eigenvalue weighted by Crippen LogP contribution is 2.19. The molecule has 0 aliphatic heterocycles. The molecule has 21 heavy (non-hydrogen) atoms. The SMILES string of the molecule is N#CC(C(=O)CCCc1ccccc1)c1ccc(F)cc1. The summed E-state index contributed by atoms with van der Waals surface area (Å²) in [5, 5.41) is 9.17. The lowest BCUT2D eigenvalue weighted by Gasteiger charge is -2.08. The number of rotatable bonds is 6. The van der Waals surface area contributed by atoms with E-state index >= 15 is 0 Å². The van der Waals surface area contributed by atoms with Crippen LogP contribution in [0, 0.1) is 17.1 Å². The van der Waals surface area contributed by atoms with Crippen LogP contribution in [-0.4, -0.2) is 5.78 Å². The molecule has 2 aromatic rings. The number of hydrogen-bond donors (Lipinski definition) is 0. The standard InChI is InChI=1S/C18H16FNO/c19-16-11-9-15(10-12-16)17(13-20)18(21)8-4-7-14-5-2-1-3-6-14/h1-3,5-6,9-12,17H,4,7-8H2. The van der Waals surface area contributed by atoms with E-state index in [1.807, 2.05) is 36.4 Å². The summed E-state index contributed by atoms with van der Waals surface area (Å²) in [7, 11) is 0. The Balaban J connectivity index is 1.92. The van der Waals surface area contributed by atoms with Gasteiger partial charge in [0, 0.05) is 6.42 Å². The third-order valence-corrected chi connectivity index (χ3v) is 3.39. The second-order valence-electron chi connectivity index (χ2n) is 4.92. The van der Waals surface area contributed by atoms with Gasteiger partial charge < -0.3 is 0 Å². The number of hydrogen-bond acceptors (Lipinski definition) is 2. The summed E-state index contributed by atoms with van der Waals surface area (Å²) in [5.74, 6) is -1.28. The smallest absolute Gasteiger partial charge is 0.154 e. The molecule has 0 fully saturated rings. The molecule has 0 radical (unpaired) electrons. The van der Waals surface area contributed by atoms with Crippen LogP contribution < -0.4 is 0 Å². The molecule has 0 N–H and O–H groups in total. The van der Waals surface area contributed by atoms with Crippen molar-refractivity contribution >= 4 is 5.78 Å². The van der Waals surface area contributed by atoms with Gasteiger partial charge in [0.05, 0.1) is 6.07 Å². The van der Waals surface area contributed by atoms with E-state index in [-0.39, 0.29) is 11.6 Å². The Kier molecular flexibility index (Phi) is 5.22. The monoisotopic (exact) mass is 281 g/mol. The van der Waals surface area contributed by atoms with E-state index in [1.54, 1.807) is 0 Å². The first-order valence-corrected chi connectivity index (χ1v) is 6.92. The van der Waals surface area contributed by atoms with Gasteiger partial charge in [0.2, 0.25) is 0 Å². The first-order valence-electron chi connectivity index (χ1n) is 6.92. The maximum atomic E-state index is 12.9. The number of nitrogens with zero attached hydrogens (tertiary/aromatic N) is 1. The van der Waals surface area contributed by atoms with Gasteiger partial charge in [-0.1, -0.05) is 42.5 Å². The van der Waals surface area contributed by atoms with E-state index in [1.165, 1.54) is 29.8 Å². The number of ketones is 1. The molecule has 0 aliphatic rings. The average Bonchev–Trinajstić information content (AvgIpc) is 2.51. The summed E-state index contributed by atoms with van der Waals surface area (Å²) in [4.78, 5) is 12.1. The lowest BCUT2D eigenvalue weighted by atomic mass is 9.92. The van der Waals surface area contributed by atoms with Crippen molar-refractivity contribution in [3.05, 3.63) is 71.5 Å². The summed E-state index contributed by atoms with van der Waals surface area (Å²) >= 11 is 0. The second-order valence-corrected chi connectivity index (χ2v) is 4.92. The molecule has 0 amide bonds. The van der Waals surface area contributed by atoms with Crippen molar-refractivity contribution in [3.63, 3.8) is 0 Å². The van der Waals surface area contributed by atoms with Crippen molar-refractivity contribution in [1.82, 2.24) is 0 Å². The second kappa shape index (κ2) is 7.35. The molecule has 1 atom stereocenters. The topological polar surface area (TPSA) is 40.9 Å². The predicted octanol–water partition coefficient (Wildman–Crippen LogP) is 4.02. The van der Waals surface area contributed by atoms with Crippen LogP contribution in [0.3, 0.4) is 0 Å². The number of nitriles is 1. The molecule has 0 heterocycles. The molecule has 2 aromatic carbocycles. The molecule has 0 aromatic heterocycles. The molecule has 3 heteroatoms. The van der Waals surface area contributed by atoms with Gasteiger partial charge in [0.25, 0.3) is 0 Å². The quantitative estimate of drug-likeness (QED) is 0.802. The Bertz CT molecular complexity index is 629. The van der Waals surface area contributed by atoms with Crippen LogP contribution in [0.4, 0.5) is 4.39 Å². The maximum Gasteiger partial charge on any atom is 0.154 e. The highest BCUT2D eigenvalue weighted by atomic mass is 19.1. The number of halogens is 1. The Morgan fingerprint density at radius 1 is 1.10 bits per heavy atom. The van der Waals surface area contributed by atoms with E-state index in [0.29, 0.717) is 18.4 Å². The van der Waals surface area contributed by atoms with Crippen molar-refractivity contribution < 1.29 is 9.18 Å². The van der Waals surface area contributed by atoms with Crippen LogP contribution in [0.1, 0.15) is 29.9 Å². The molecule has 2 nitrogen and oxygen atoms in total. The van der Waals surface area contributed by atoms with Gasteiger partial charge in [-0.15, -0.1) is 0 Å². The lowest BCUT2D eigenvalue weighted by molar-refractivity contribution is -0.119. The van der Waals surface area contributed by atoms with Gasteiger partial charge in [0.1, 0.15) is 11.7 Å². The molecule has 1 unspecified atom stereocenters. The number of Topliss-reactive ketones (excluding diaryl/α,β-unsaturated/α-hetero) is 1. The fourth-order valence-corrected chi connectivity index (χ4v) is 2.24. The Morgan fingerprint density at radius 2 is 1.76 bits per heavy atom. The zero-order valence-corrected chi connectivity index (χ0v) is 11.6. The number of benzene rings is 2. The minimum atomic E-state index is -0.804. The van der Waals surface area contributed by atoms with Crippen molar-refractivity contribution in [2.24, 2.45) is 0 Å². The Hall–Kier alpha value is -2.47. The van der Waals surface area contributed by atoms with Gasteiger partial charge in [-0.3, -0.25) is 4.79 Å². The molecule has 0 spiro atoms. The number of aryl methyl sites for hydroxylation is 1. The molecule has 0 saturated carbocycles. The van der Waals surface area contributed by atoms with Crippen LogP contribution in [0.25, 0.3) is 0 Å². The minimum absolute atomic E-state index is 0.111. The van der Waals surface area contributed by atoms with Crippen molar-refractivity contribution in [3.8, 4) is 6.07 Å². The normalized spacial score (nSPS) is 11.6. The van der Waals surface area contributed by atoms with Crippen LogP contribution >= 0.6 is 0 Å². The van der Waals surface area contributed by atoms with Gasteiger partial charge in [-0.2, -0.15) is 5.26 Å². The molecular formula is C18H16FNO. The van der Waals surface area contributed by atoms with Crippen LogP contribution in [0.15, 0.2) is 54.6 Å². The first-order chi connectivity index (χ1) is 10.2. The average molecular weight is 281 g/mol. The summed E-state index contributed by atoms with van der Waals surface area (Å²) < 4.78 is 12.9. The summed E-state index contributed by atoms with van der Waals surface area (Å²) in [6.45, 7) is 0. The van der Waals surface area contributed by atoms with E-state index in [9.17, 15) is 14.4 Å². The first kappa shape index (κ1) is 14.9. The van der Waals surface area contributed by atoms with Crippen LogP contribution in [0.2, 0.25) is 0 Å². The van der Waals surface area contributed by atoms with Gasteiger partial charge in [-0.25, -0.2) is 4.39 Å².